The molecule has 2 aromatic rings. The number of rotatable bonds is 4. The molecule has 3 nitrogen and oxygen atoms in total. The van der Waals surface area contributed by atoms with Gasteiger partial charge in [-0.05, 0) is 29.8 Å². The van der Waals surface area contributed by atoms with Crippen molar-refractivity contribution in [1.29, 1.82) is 0 Å². The van der Waals surface area contributed by atoms with Gasteiger partial charge in [-0.3, -0.25) is 0 Å². The number of aromatic amines is 1. The van der Waals surface area contributed by atoms with E-state index < -0.39 is 0 Å². The van der Waals surface area contributed by atoms with E-state index in [0.29, 0.717) is 5.02 Å². The summed E-state index contributed by atoms with van der Waals surface area (Å²) in [6.45, 7) is 0.736. The molecule has 0 amide bonds. The minimum Gasteiger partial charge on any atom is -0.495 e. The molecule has 1 heterocycles. The van der Waals surface area contributed by atoms with Crippen molar-refractivity contribution in [3.8, 4) is 5.75 Å². The molecule has 0 aliphatic carbocycles. The molecule has 0 fully saturated rings. The number of anilines is 1. The zero-order chi connectivity index (χ0) is 11.4. The Morgan fingerprint density at radius 1 is 1.38 bits per heavy atom. The highest BCUT2D eigenvalue weighted by molar-refractivity contribution is 6.30. The Kier molecular flexibility index (Phi) is 3.37. The monoisotopic (exact) mass is 236 g/mol. The molecule has 1 aromatic heterocycles. The number of hydrogen-bond donors (Lipinski definition) is 2. The Hall–Kier alpha value is -1.61. The van der Waals surface area contributed by atoms with Crippen LogP contribution in [0, 0.1) is 0 Å². The van der Waals surface area contributed by atoms with Crippen LogP contribution in [0.3, 0.4) is 0 Å². The number of benzene rings is 1. The number of nitrogens with one attached hydrogen (secondary N) is 2. The fraction of sp³-hybridized carbons (Fsp3) is 0.167. The molecule has 0 atom stereocenters. The number of ether oxygens (including phenoxy) is 1. The van der Waals surface area contributed by atoms with Gasteiger partial charge in [0.1, 0.15) is 5.75 Å². The number of aromatic nitrogens is 1. The highest BCUT2D eigenvalue weighted by Gasteiger charge is 2.03. The molecule has 0 spiro atoms. The van der Waals surface area contributed by atoms with Gasteiger partial charge in [-0.2, -0.15) is 0 Å². The van der Waals surface area contributed by atoms with Gasteiger partial charge in [-0.1, -0.05) is 11.6 Å². The lowest BCUT2D eigenvalue weighted by atomic mass is 10.2. The van der Waals surface area contributed by atoms with Crippen molar-refractivity contribution in [2.24, 2.45) is 0 Å². The first-order valence-corrected chi connectivity index (χ1v) is 5.36. The summed E-state index contributed by atoms with van der Waals surface area (Å²) in [4.78, 5) is 3.01. The van der Waals surface area contributed by atoms with Gasteiger partial charge in [0.05, 0.1) is 12.8 Å². The molecule has 0 aliphatic rings. The predicted molar refractivity (Wildman–Crippen MR) is 66.1 cm³/mol. The van der Waals surface area contributed by atoms with Crippen LogP contribution in [-0.2, 0) is 6.54 Å². The van der Waals surface area contributed by atoms with Crippen LogP contribution in [0.25, 0.3) is 0 Å². The summed E-state index contributed by atoms with van der Waals surface area (Å²) >= 11 is 5.93. The van der Waals surface area contributed by atoms with E-state index in [1.807, 2.05) is 36.7 Å². The van der Waals surface area contributed by atoms with Crippen LogP contribution >= 0.6 is 11.6 Å². The molecular formula is C12H13ClN2O. The summed E-state index contributed by atoms with van der Waals surface area (Å²) in [5.74, 6) is 0.792. The number of halogens is 1. The summed E-state index contributed by atoms with van der Waals surface area (Å²) in [5, 5.41) is 3.97. The van der Waals surface area contributed by atoms with Crippen molar-refractivity contribution in [3.63, 3.8) is 0 Å². The number of hydrogen-bond acceptors (Lipinski definition) is 2. The van der Waals surface area contributed by atoms with Gasteiger partial charge in [0.2, 0.25) is 0 Å². The molecule has 2 N–H and O–H groups in total. The number of H-pyrrole nitrogens is 1. The van der Waals surface area contributed by atoms with Crippen molar-refractivity contribution >= 4 is 17.3 Å². The van der Waals surface area contributed by atoms with Crippen LogP contribution in [0.5, 0.6) is 5.75 Å². The number of methoxy groups -OCH3 is 1. The van der Waals surface area contributed by atoms with E-state index in [1.54, 1.807) is 7.11 Å². The van der Waals surface area contributed by atoms with Crippen molar-refractivity contribution in [1.82, 2.24) is 4.98 Å². The smallest absolute Gasteiger partial charge is 0.142 e. The quantitative estimate of drug-likeness (QED) is 0.855. The van der Waals surface area contributed by atoms with Crippen LogP contribution in [0.2, 0.25) is 5.02 Å². The van der Waals surface area contributed by atoms with Gasteiger partial charge in [-0.25, -0.2) is 0 Å². The minimum absolute atomic E-state index is 0.692. The van der Waals surface area contributed by atoms with E-state index >= 15 is 0 Å². The van der Waals surface area contributed by atoms with E-state index in [4.69, 9.17) is 16.3 Å². The second kappa shape index (κ2) is 4.94. The van der Waals surface area contributed by atoms with Crippen molar-refractivity contribution in [3.05, 3.63) is 47.2 Å². The van der Waals surface area contributed by atoms with Crippen LogP contribution < -0.4 is 10.1 Å². The molecule has 0 radical (unpaired) electrons. The topological polar surface area (TPSA) is 37.0 Å². The van der Waals surface area contributed by atoms with Crippen LogP contribution in [0.4, 0.5) is 5.69 Å². The molecule has 1 aromatic carbocycles. The molecule has 0 unspecified atom stereocenters. The molecule has 84 valence electrons. The first kappa shape index (κ1) is 10.9. The van der Waals surface area contributed by atoms with Crippen molar-refractivity contribution in [2.45, 2.75) is 6.54 Å². The molecule has 0 saturated carbocycles. The highest BCUT2D eigenvalue weighted by atomic mass is 35.5. The SMILES string of the molecule is COc1ccc(Cl)cc1NCc1cc[nH]c1. The summed E-state index contributed by atoms with van der Waals surface area (Å²) in [7, 11) is 1.64. The third-order valence-corrected chi connectivity index (χ3v) is 2.54. The fourth-order valence-electron chi connectivity index (χ4n) is 1.48. The first-order chi connectivity index (χ1) is 7.79. The minimum atomic E-state index is 0.692. The van der Waals surface area contributed by atoms with Gasteiger partial charge >= 0.3 is 0 Å². The predicted octanol–water partition coefficient (Wildman–Crippen LogP) is 3.29. The Balaban J connectivity index is 2.11. The Bertz CT molecular complexity index is 454. The van der Waals surface area contributed by atoms with Crippen molar-refractivity contribution < 1.29 is 4.74 Å². The van der Waals surface area contributed by atoms with Crippen molar-refractivity contribution in [2.75, 3.05) is 12.4 Å². The summed E-state index contributed by atoms with van der Waals surface area (Å²) in [6, 6.07) is 7.53. The normalized spacial score (nSPS) is 10.1. The summed E-state index contributed by atoms with van der Waals surface area (Å²) < 4.78 is 5.24. The lowest BCUT2D eigenvalue weighted by molar-refractivity contribution is 0.416. The maximum atomic E-state index is 5.93. The van der Waals surface area contributed by atoms with E-state index in [1.165, 1.54) is 5.56 Å². The van der Waals surface area contributed by atoms with Gasteiger partial charge < -0.3 is 15.0 Å². The maximum absolute atomic E-state index is 5.93. The standard InChI is InChI=1S/C12H13ClN2O/c1-16-12-3-2-10(13)6-11(12)15-8-9-4-5-14-7-9/h2-7,14-15H,8H2,1H3. The summed E-state index contributed by atoms with van der Waals surface area (Å²) in [6.07, 6.45) is 3.84. The average Bonchev–Trinajstić information content (AvgIpc) is 2.79. The van der Waals surface area contributed by atoms with E-state index in [9.17, 15) is 0 Å². The van der Waals surface area contributed by atoms with Gasteiger partial charge in [0.15, 0.2) is 0 Å². The lowest BCUT2D eigenvalue weighted by Gasteiger charge is -2.10. The zero-order valence-electron chi connectivity index (χ0n) is 8.96. The van der Waals surface area contributed by atoms with Gasteiger partial charge in [-0.15, -0.1) is 0 Å². The molecule has 0 aliphatic heterocycles. The Morgan fingerprint density at radius 3 is 2.94 bits per heavy atom. The molecule has 0 saturated heterocycles. The molecule has 0 bridgehead atoms. The lowest BCUT2D eigenvalue weighted by Crippen LogP contribution is -2.00. The third-order valence-electron chi connectivity index (χ3n) is 2.31. The maximum Gasteiger partial charge on any atom is 0.142 e. The third kappa shape index (κ3) is 2.49. The Labute approximate surface area is 99.4 Å². The van der Waals surface area contributed by atoms with E-state index in [0.717, 1.165) is 18.0 Å². The second-order valence-electron chi connectivity index (χ2n) is 3.42. The summed E-state index contributed by atoms with van der Waals surface area (Å²) in [5.41, 5.74) is 2.08. The zero-order valence-corrected chi connectivity index (χ0v) is 9.71. The fourth-order valence-corrected chi connectivity index (χ4v) is 1.66. The van der Waals surface area contributed by atoms with Gasteiger partial charge in [0, 0.05) is 24.0 Å². The average molecular weight is 237 g/mol. The molecule has 2 rings (SSSR count). The van der Waals surface area contributed by atoms with Gasteiger partial charge in [0.25, 0.3) is 0 Å². The first-order valence-electron chi connectivity index (χ1n) is 4.98. The van der Waals surface area contributed by atoms with Crippen LogP contribution in [-0.4, -0.2) is 12.1 Å². The second-order valence-corrected chi connectivity index (χ2v) is 3.85. The van der Waals surface area contributed by atoms with E-state index in [2.05, 4.69) is 10.3 Å². The largest absolute Gasteiger partial charge is 0.495 e. The molecule has 16 heavy (non-hydrogen) atoms. The Morgan fingerprint density at radius 2 is 2.25 bits per heavy atom. The van der Waals surface area contributed by atoms with Crippen LogP contribution in [0.1, 0.15) is 5.56 Å². The van der Waals surface area contributed by atoms with Crippen LogP contribution in [0.15, 0.2) is 36.7 Å². The molecular weight excluding hydrogens is 224 g/mol. The van der Waals surface area contributed by atoms with E-state index in [-0.39, 0.29) is 0 Å². The highest BCUT2D eigenvalue weighted by Crippen LogP contribution is 2.27. The molecule has 4 heteroatoms.